The third-order valence-corrected chi connectivity index (χ3v) is 6.64. The number of nitrogens with zero attached hydrogens (tertiary/aromatic N) is 4. The summed E-state index contributed by atoms with van der Waals surface area (Å²) in [7, 11) is 1.71. The summed E-state index contributed by atoms with van der Waals surface area (Å²) in [4.78, 5) is 36.0. The maximum Gasteiger partial charge on any atom is 0.391 e. The molecule has 4 rings (SSSR count). The lowest BCUT2D eigenvalue weighted by Gasteiger charge is -2.33. The summed E-state index contributed by atoms with van der Waals surface area (Å²) < 4.78 is 38.6. The number of halogens is 3. The maximum atomic E-state index is 12.9. The molecule has 2 amide bonds. The van der Waals surface area contributed by atoms with Crippen LogP contribution in [0.1, 0.15) is 31.2 Å². The van der Waals surface area contributed by atoms with E-state index in [4.69, 9.17) is 0 Å². The number of alkyl halides is 3. The molecule has 1 aromatic heterocycles. The fraction of sp³-hybridized carbons (Fsp3) is 0.500. The van der Waals surface area contributed by atoms with Crippen molar-refractivity contribution in [1.29, 1.82) is 0 Å². The average Bonchev–Trinajstić information content (AvgIpc) is 2.85. The summed E-state index contributed by atoms with van der Waals surface area (Å²) >= 11 is 0. The molecule has 2 fully saturated rings. The molecular formula is C24H29F3N6O2. The summed E-state index contributed by atoms with van der Waals surface area (Å²) in [5.41, 5.74) is 2.41. The molecule has 1 aromatic carbocycles. The summed E-state index contributed by atoms with van der Waals surface area (Å²) in [6.45, 7) is 1.49. The van der Waals surface area contributed by atoms with Crippen LogP contribution in [-0.4, -0.2) is 59.5 Å². The van der Waals surface area contributed by atoms with Crippen LogP contribution in [-0.2, 0) is 16.1 Å². The molecule has 0 bridgehead atoms. The molecule has 8 nitrogen and oxygen atoms in total. The number of hydrogen-bond acceptors (Lipinski definition) is 6. The second-order valence-corrected chi connectivity index (χ2v) is 9.12. The SMILES string of the molecule is CN1CC(C(=O)NCc2ccc(Nc3ncc(N4CCC(C(F)(F)F)CC4)cn3)cc2)CCC1=O. The number of aromatic nitrogens is 2. The van der Waals surface area contributed by atoms with Gasteiger partial charge in [0.05, 0.1) is 29.9 Å². The Kier molecular flexibility index (Phi) is 7.42. The predicted molar refractivity (Wildman–Crippen MR) is 125 cm³/mol. The Morgan fingerprint density at radius 2 is 1.74 bits per heavy atom. The van der Waals surface area contributed by atoms with Crippen LogP contribution >= 0.6 is 0 Å². The second kappa shape index (κ2) is 10.5. The highest BCUT2D eigenvalue weighted by Crippen LogP contribution is 2.35. The van der Waals surface area contributed by atoms with Crippen molar-refractivity contribution in [1.82, 2.24) is 20.2 Å². The Hall–Kier alpha value is -3.37. The molecule has 2 N–H and O–H groups in total. The van der Waals surface area contributed by atoms with Crippen LogP contribution in [0.15, 0.2) is 36.7 Å². The van der Waals surface area contributed by atoms with E-state index < -0.39 is 12.1 Å². The molecule has 2 aromatic rings. The largest absolute Gasteiger partial charge is 0.391 e. The van der Waals surface area contributed by atoms with Gasteiger partial charge in [0.25, 0.3) is 0 Å². The zero-order chi connectivity index (χ0) is 25.0. The van der Waals surface area contributed by atoms with Gasteiger partial charge in [-0.2, -0.15) is 13.2 Å². The number of nitrogens with one attached hydrogen (secondary N) is 2. The third kappa shape index (κ3) is 6.40. The van der Waals surface area contributed by atoms with Crippen LogP contribution in [0.4, 0.5) is 30.5 Å². The van der Waals surface area contributed by atoms with Crippen molar-refractivity contribution in [2.24, 2.45) is 11.8 Å². The monoisotopic (exact) mass is 490 g/mol. The zero-order valence-corrected chi connectivity index (χ0v) is 19.5. The minimum Gasteiger partial charge on any atom is -0.369 e. The van der Waals surface area contributed by atoms with E-state index in [0.29, 0.717) is 50.7 Å². The number of benzene rings is 1. The van der Waals surface area contributed by atoms with Crippen molar-refractivity contribution in [2.45, 2.75) is 38.4 Å². The van der Waals surface area contributed by atoms with Crippen molar-refractivity contribution in [3.05, 3.63) is 42.2 Å². The Balaban J connectivity index is 1.24. The predicted octanol–water partition coefficient (Wildman–Crippen LogP) is 3.48. The number of amides is 2. The molecular weight excluding hydrogens is 461 g/mol. The standard InChI is InChI=1S/C24H29F3N6O2/c1-32-15-17(4-7-21(32)34)22(35)28-12-16-2-5-19(6-3-16)31-23-29-13-20(14-30-23)33-10-8-18(9-11-33)24(25,26)27/h2-3,5-6,13-14,17-18H,4,7-12,15H2,1H3,(H,28,35)(H,29,30,31). The summed E-state index contributed by atoms with van der Waals surface area (Å²) in [6, 6.07) is 7.48. The normalized spacial score (nSPS) is 19.5. The van der Waals surface area contributed by atoms with E-state index in [1.165, 1.54) is 0 Å². The van der Waals surface area contributed by atoms with Crippen LogP contribution < -0.4 is 15.5 Å². The molecule has 3 heterocycles. The lowest BCUT2D eigenvalue weighted by Crippen LogP contribution is -2.43. The van der Waals surface area contributed by atoms with Gasteiger partial charge in [0.2, 0.25) is 17.8 Å². The fourth-order valence-electron chi connectivity index (χ4n) is 4.41. The number of piperidine rings is 2. The lowest BCUT2D eigenvalue weighted by atomic mass is 9.96. The molecule has 0 aliphatic carbocycles. The Labute approximate surface area is 201 Å². The van der Waals surface area contributed by atoms with Crippen molar-refractivity contribution >= 4 is 29.1 Å². The summed E-state index contributed by atoms with van der Waals surface area (Å²) in [6.07, 6.45) is 0.219. The van der Waals surface area contributed by atoms with Gasteiger partial charge in [-0.15, -0.1) is 0 Å². The number of rotatable bonds is 6. The number of likely N-dealkylation sites (tertiary alicyclic amines) is 1. The Morgan fingerprint density at radius 3 is 2.34 bits per heavy atom. The molecule has 2 aliphatic heterocycles. The molecule has 0 spiro atoms. The topological polar surface area (TPSA) is 90.5 Å². The van der Waals surface area contributed by atoms with Crippen molar-refractivity contribution in [2.75, 3.05) is 36.9 Å². The van der Waals surface area contributed by atoms with Crippen LogP contribution in [0.25, 0.3) is 0 Å². The minimum absolute atomic E-state index is 0.0531. The van der Waals surface area contributed by atoms with E-state index in [1.54, 1.807) is 24.3 Å². The van der Waals surface area contributed by atoms with Crippen LogP contribution in [0.3, 0.4) is 0 Å². The van der Waals surface area contributed by atoms with Gasteiger partial charge >= 0.3 is 6.18 Å². The highest BCUT2D eigenvalue weighted by Gasteiger charge is 2.41. The highest BCUT2D eigenvalue weighted by atomic mass is 19.4. The van der Waals surface area contributed by atoms with Gasteiger partial charge in [0, 0.05) is 45.3 Å². The quantitative estimate of drug-likeness (QED) is 0.645. The first-order chi connectivity index (χ1) is 16.7. The average molecular weight is 491 g/mol. The van der Waals surface area contributed by atoms with E-state index in [0.717, 1.165) is 11.3 Å². The van der Waals surface area contributed by atoms with E-state index >= 15 is 0 Å². The summed E-state index contributed by atoms with van der Waals surface area (Å²) in [5.74, 6) is -1.02. The Morgan fingerprint density at radius 1 is 1.09 bits per heavy atom. The van der Waals surface area contributed by atoms with Gasteiger partial charge in [-0.25, -0.2) is 9.97 Å². The van der Waals surface area contributed by atoms with Gasteiger partial charge in [-0.1, -0.05) is 12.1 Å². The second-order valence-electron chi connectivity index (χ2n) is 9.12. The molecule has 188 valence electrons. The molecule has 11 heteroatoms. The zero-order valence-electron chi connectivity index (χ0n) is 19.5. The number of anilines is 3. The number of carbonyl (C=O) groups is 2. The fourth-order valence-corrected chi connectivity index (χ4v) is 4.41. The van der Waals surface area contributed by atoms with Crippen LogP contribution in [0, 0.1) is 11.8 Å². The Bertz CT molecular complexity index is 1020. The number of carbonyl (C=O) groups excluding carboxylic acids is 2. The molecule has 0 radical (unpaired) electrons. The first-order valence-corrected chi connectivity index (χ1v) is 11.7. The molecule has 35 heavy (non-hydrogen) atoms. The first-order valence-electron chi connectivity index (χ1n) is 11.7. The first kappa shape index (κ1) is 24.7. The molecule has 1 unspecified atom stereocenters. The van der Waals surface area contributed by atoms with E-state index in [1.807, 2.05) is 29.2 Å². The lowest BCUT2D eigenvalue weighted by molar-refractivity contribution is -0.179. The van der Waals surface area contributed by atoms with Crippen LogP contribution in [0.5, 0.6) is 0 Å². The van der Waals surface area contributed by atoms with Gasteiger partial charge in [0.15, 0.2) is 0 Å². The van der Waals surface area contributed by atoms with E-state index in [9.17, 15) is 22.8 Å². The van der Waals surface area contributed by atoms with Gasteiger partial charge in [0.1, 0.15) is 0 Å². The van der Waals surface area contributed by atoms with Crippen molar-refractivity contribution in [3.63, 3.8) is 0 Å². The summed E-state index contributed by atoms with van der Waals surface area (Å²) in [5, 5.41) is 6.03. The maximum absolute atomic E-state index is 12.9. The molecule has 1 atom stereocenters. The van der Waals surface area contributed by atoms with Gasteiger partial charge in [-0.05, 0) is 37.0 Å². The molecule has 0 saturated carbocycles. The van der Waals surface area contributed by atoms with Gasteiger partial charge < -0.3 is 20.4 Å². The minimum atomic E-state index is -4.13. The number of hydrogen-bond donors (Lipinski definition) is 2. The molecule has 2 aliphatic rings. The van der Waals surface area contributed by atoms with Crippen molar-refractivity contribution in [3.8, 4) is 0 Å². The van der Waals surface area contributed by atoms with Gasteiger partial charge in [-0.3, -0.25) is 9.59 Å². The molecule has 2 saturated heterocycles. The van der Waals surface area contributed by atoms with E-state index in [-0.39, 0.29) is 30.6 Å². The third-order valence-electron chi connectivity index (χ3n) is 6.64. The van der Waals surface area contributed by atoms with Crippen LogP contribution in [0.2, 0.25) is 0 Å². The smallest absolute Gasteiger partial charge is 0.369 e. The highest BCUT2D eigenvalue weighted by molar-refractivity contribution is 5.83. The van der Waals surface area contributed by atoms with Crippen molar-refractivity contribution < 1.29 is 22.8 Å². The van der Waals surface area contributed by atoms with E-state index in [2.05, 4.69) is 20.6 Å².